The van der Waals surface area contributed by atoms with Gasteiger partial charge in [-0.25, -0.2) is 4.98 Å². The largest absolute Gasteiger partial charge is 0.397 e. The summed E-state index contributed by atoms with van der Waals surface area (Å²) >= 11 is 3.36. The van der Waals surface area contributed by atoms with Crippen molar-refractivity contribution in [3.63, 3.8) is 0 Å². The van der Waals surface area contributed by atoms with Gasteiger partial charge < -0.3 is 11.1 Å². The van der Waals surface area contributed by atoms with Crippen molar-refractivity contribution >= 4 is 38.2 Å². The van der Waals surface area contributed by atoms with Gasteiger partial charge in [0.25, 0.3) is 0 Å². The maximum absolute atomic E-state index is 11.0. The van der Waals surface area contributed by atoms with Crippen LogP contribution in [0.25, 0.3) is 0 Å². The molecular weight excluding hydrogens is 278 g/mol. The minimum Gasteiger partial charge on any atom is -0.397 e. The fraction of sp³-hybridized carbons (Fsp3) is 0.444. The van der Waals surface area contributed by atoms with Crippen molar-refractivity contribution in [3.05, 3.63) is 16.7 Å². The van der Waals surface area contributed by atoms with Gasteiger partial charge in [-0.15, -0.1) is 0 Å². The molecule has 1 aromatic heterocycles. The summed E-state index contributed by atoms with van der Waals surface area (Å²) in [6.45, 7) is 1.96. The van der Waals surface area contributed by atoms with Crippen molar-refractivity contribution < 1.29 is 4.21 Å². The van der Waals surface area contributed by atoms with E-state index in [1.54, 1.807) is 18.5 Å². The van der Waals surface area contributed by atoms with Gasteiger partial charge in [-0.2, -0.15) is 0 Å². The van der Waals surface area contributed by atoms with Crippen molar-refractivity contribution in [2.75, 3.05) is 23.1 Å². The van der Waals surface area contributed by atoms with Crippen LogP contribution in [0.1, 0.15) is 6.92 Å². The summed E-state index contributed by atoms with van der Waals surface area (Å²) in [6, 6.07) is 1.90. The average molecular weight is 292 g/mol. The van der Waals surface area contributed by atoms with E-state index in [4.69, 9.17) is 5.73 Å². The van der Waals surface area contributed by atoms with Crippen molar-refractivity contribution in [2.45, 2.75) is 13.0 Å². The van der Waals surface area contributed by atoms with Gasteiger partial charge in [-0.1, -0.05) is 0 Å². The van der Waals surface area contributed by atoms with Crippen molar-refractivity contribution in [3.8, 4) is 0 Å². The van der Waals surface area contributed by atoms with E-state index in [-0.39, 0.29) is 6.04 Å². The molecule has 0 saturated carbocycles. The number of pyridine rings is 1. The first-order valence-corrected chi connectivity index (χ1v) is 6.98. The van der Waals surface area contributed by atoms with Gasteiger partial charge in [0.05, 0.1) is 16.4 Å². The molecule has 0 aliphatic carbocycles. The highest BCUT2D eigenvalue weighted by Gasteiger charge is 2.07. The summed E-state index contributed by atoms with van der Waals surface area (Å²) in [7, 11) is -0.811. The van der Waals surface area contributed by atoms with E-state index >= 15 is 0 Å². The molecule has 4 nitrogen and oxygen atoms in total. The molecule has 0 aromatic carbocycles. The SMILES string of the molecule is CC(CS(C)=O)Nc1ncc(N)cc1Br. The second-order valence-electron chi connectivity index (χ2n) is 3.38. The molecule has 6 heteroatoms. The Kier molecular flexibility index (Phi) is 4.53. The Morgan fingerprint density at radius 2 is 2.40 bits per heavy atom. The van der Waals surface area contributed by atoms with Gasteiger partial charge in [-0.3, -0.25) is 4.21 Å². The molecule has 1 rings (SSSR count). The molecule has 0 fully saturated rings. The second-order valence-corrected chi connectivity index (χ2v) is 5.72. The van der Waals surface area contributed by atoms with Crippen LogP contribution >= 0.6 is 15.9 Å². The molecule has 15 heavy (non-hydrogen) atoms. The number of hydrogen-bond donors (Lipinski definition) is 2. The average Bonchev–Trinajstić information content (AvgIpc) is 2.08. The Labute approximate surface area is 100 Å². The monoisotopic (exact) mass is 291 g/mol. The zero-order valence-electron chi connectivity index (χ0n) is 8.66. The Balaban J connectivity index is 2.68. The summed E-state index contributed by atoms with van der Waals surface area (Å²) in [6.07, 6.45) is 3.27. The van der Waals surface area contributed by atoms with E-state index in [2.05, 4.69) is 26.2 Å². The zero-order valence-corrected chi connectivity index (χ0v) is 11.1. The normalized spacial score (nSPS) is 14.6. The second kappa shape index (κ2) is 5.46. The molecule has 0 radical (unpaired) electrons. The van der Waals surface area contributed by atoms with Gasteiger partial charge in [0.2, 0.25) is 0 Å². The lowest BCUT2D eigenvalue weighted by molar-refractivity contribution is 0.683. The van der Waals surface area contributed by atoms with Crippen LogP contribution in [0.3, 0.4) is 0 Å². The summed E-state index contributed by atoms with van der Waals surface area (Å²) < 4.78 is 11.8. The van der Waals surface area contributed by atoms with Crippen LogP contribution in [-0.2, 0) is 10.8 Å². The number of aromatic nitrogens is 1. The molecule has 0 saturated heterocycles. The lowest BCUT2D eigenvalue weighted by atomic mass is 10.3. The van der Waals surface area contributed by atoms with Crippen LogP contribution < -0.4 is 11.1 Å². The van der Waals surface area contributed by atoms with Crippen LogP contribution in [0.15, 0.2) is 16.7 Å². The Morgan fingerprint density at radius 3 is 2.93 bits per heavy atom. The molecule has 0 amide bonds. The first kappa shape index (κ1) is 12.4. The molecular formula is C9H14BrN3OS. The maximum atomic E-state index is 11.0. The highest BCUT2D eigenvalue weighted by atomic mass is 79.9. The number of halogens is 1. The first-order chi connectivity index (χ1) is 6.99. The molecule has 84 valence electrons. The number of anilines is 2. The minimum absolute atomic E-state index is 0.114. The molecule has 1 heterocycles. The molecule has 2 atom stereocenters. The predicted octanol–water partition coefficient (Wildman–Crippen LogP) is 1.61. The van der Waals surface area contributed by atoms with Crippen LogP contribution in [-0.4, -0.2) is 27.2 Å². The Morgan fingerprint density at radius 1 is 1.73 bits per heavy atom. The van der Waals surface area contributed by atoms with Crippen LogP contribution in [0.4, 0.5) is 11.5 Å². The van der Waals surface area contributed by atoms with Crippen molar-refractivity contribution in [1.29, 1.82) is 0 Å². The fourth-order valence-electron chi connectivity index (χ4n) is 1.19. The summed E-state index contributed by atoms with van der Waals surface area (Å²) in [4.78, 5) is 4.14. The first-order valence-electron chi connectivity index (χ1n) is 4.46. The number of nitrogen functional groups attached to an aromatic ring is 1. The highest BCUT2D eigenvalue weighted by molar-refractivity contribution is 9.10. The summed E-state index contributed by atoms with van der Waals surface area (Å²) in [5.74, 6) is 1.32. The molecule has 2 unspecified atom stereocenters. The molecule has 0 aliphatic rings. The van der Waals surface area contributed by atoms with Gasteiger partial charge in [0.1, 0.15) is 5.82 Å². The third-order valence-electron chi connectivity index (χ3n) is 1.73. The Bertz CT molecular complexity index is 372. The molecule has 1 aromatic rings. The standard InChI is InChI=1S/C9H14BrN3OS/c1-6(5-15(2)14)13-9-8(10)3-7(11)4-12-9/h3-4,6H,5,11H2,1-2H3,(H,12,13). The summed E-state index contributed by atoms with van der Waals surface area (Å²) in [5.41, 5.74) is 6.18. The topological polar surface area (TPSA) is 68.0 Å². The van der Waals surface area contributed by atoms with E-state index in [1.165, 1.54) is 0 Å². The van der Waals surface area contributed by atoms with Crippen molar-refractivity contribution in [1.82, 2.24) is 4.98 Å². The molecule has 0 spiro atoms. The maximum Gasteiger partial charge on any atom is 0.140 e. The van der Waals surface area contributed by atoms with E-state index in [0.717, 1.165) is 10.3 Å². The Hall–Kier alpha value is -0.620. The molecule has 0 bridgehead atoms. The quantitative estimate of drug-likeness (QED) is 0.884. The third kappa shape index (κ3) is 4.17. The van der Waals surface area contributed by atoms with Crippen molar-refractivity contribution in [2.24, 2.45) is 0 Å². The number of rotatable bonds is 4. The highest BCUT2D eigenvalue weighted by Crippen LogP contribution is 2.22. The fourth-order valence-corrected chi connectivity index (χ4v) is 2.45. The van der Waals surface area contributed by atoms with E-state index in [0.29, 0.717) is 11.4 Å². The number of nitrogens with one attached hydrogen (secondary N) is 1. The number of nitrogens with zero attached hydrogens (tertiary/aromatic N) is 1. The van der Waals surface area contributed by atoms with Gasteiger partial charge in [-0.05, 0) is 28.9 Å². The predicted molar refractivity (Wildman–Crippen MR) is 68.4 cm³/mol. The number of nitrogens with two attached hydrogens (primary N) is 1. The van der Waals surface area contributed by atoms with E-state index in [1.807, 2.05) is 6.92 Å². The lowest BCUT2D eigenvalue weighted by Gasteiger charge is -2.14. The zero-order chi connectivity index (χ0) is 11.4. The van der Waals surface area contributed by atoms with E-state index in [9.17, 15) is 4.21 Å². The molecule has 3 N–H and O–H groups in total. The van der Waals surface area contributed by atoms with Gasteiger partial charge in [0, 0.05) is 28.9 Å². The van der Waals surface area contributed by atoms with Crippen LogP contribution in [0.5, 0.6) is 0 Å². The molecule has 0 aliphatic heterocycles. The summed E-state index contributed by atoms with van der Waals surface area (Å²) in [5, 5.41) is 3.16. The number of hydrogen-bond acceptors (Lipinski definition) is 4. The smallest absolute Gasteiger partial charge is 0.140 e. The van der Waals surface area contributed by atoms with Gasteiger partial charge >= 0.3 is 0 Å². The van der Waals surface area contributed by atoms with Crippen LogP contribution in [0.2, 0.25) is 0 Å². The van der Waals surface area contributed by atoms with Gasteiger partial charge in [0.15, 0.2) is 0 Å². The van der Waals surface area contributed by atoms with Crippen LogP contribution in [0, 0.1) is 0 Å². The van der Waals surface area contributed by atoms with E-state index < -0.39 is 10.8 Å². The lowest BCUT2D eigenvalue weighted by Crippen LogP contribution is -2.23. The third-order valence-corrected chi connectivity index (χ3v) is 3.30. The minimum atomic E-state index is -0.811.